The van der Waals surface area contributed by atoms with E-state index in [4.69, 9.17) is 0 Å². The summed E-state index contributed by atoms with van der Waals surface area (Å²) in [5, 5.41) is 10.9. The first-order valence-electron chi connectivity index (χ1n) is 9.42. The molecule has 6 atom stereocenters. The van der Waals surface area contributed by atoms with E-state index < -0.39 is 0 Å². The lowest BCUT2D eigenvalue weighted by molar-refractivity contribution is -0.145. The van der Waals surface area contributed by atoms with Gasteiger partial charge in [0.05, 0.1) is 5.60 Å². The molecule has 2 bridgehead atoms. The van der Waals surface area contributed by atoms with Crippen LogP contribution in [0.1, 0.15) is 85.5 Å². The predicted octanol–water partition coefficient (Wildman–Crippen LogP) is 5.17. The van der Waals surface area contributed by atoms with Crippen LogP contribution in [0.5, 0.6) is 0 Å². The zero-order chi connectivity index (χ0) is 15.1. The Morgan fingerprint density at radius 3 is 2.38 bits per heavy atom. The molecule has 0 aromatic rings. The van der Waals surface area contributed by atoms with Gasteiger partial charge in [0.2, 0.25) is 0 Å². The van der Waals surface area contributed by atoms with Crippen molar-refractivity contribution in [2.75, 3.05) is 0 Å². The lowest BCUT2D eigenvalue weighted by Gasteiger charge is -2.64. The standard InChI is InChI=1S/C20H34O/c1-17(2)9-5-10-18(3)15(17)8-11-20-12-14(6-7-16(18)20)19(4,21)13-20/h14-16,21H,5-13H2,1-4H3/t14-,15+,16-,18+,19+,20-/m0/s1. The summed E-state index contributed by atoms with van der Waals surface area (Å²) in [6, 6.07) is 0. The van der Waals surface area contributed by atoms with E-state index in [2.05, 4.69) is 27.7 Å². The highest BCUT2D eigenvalue weighted by molar-refractivity contribution is 5.15. The van der Waals surface area contributed by atoms with Crippen molar-refractivity contribution in [2.24, 2.45) is 34.0 Å². The smallest absolute Gasteiger partial charge is 0.0653 e. The lowest BCUT2D eigenvalue weighted by atomic mass is 9.41. The third kappa shape index (κ3) is 1.79. The first-order chi connectivity index (χ1) is 9.70. The third-order valence-electron chi connectivity index (χ3n) is 8.79. The van der Waals surface area contributed by atoms with Crippen LogP contribution >= 0.6 is 0 Å². The van der Waals surface area contributed by atoms with E-state index in [1.165, 1.54) is 51.4 Å². The topological polar surface area (TPSA) is 20.2 Å². The molecule has 21 heavy (non-hydrogen) atoms. The van der Waals surface area contributed by atoms with E-state index in [9.17, 15) is 5.11 Å². The number of hydrogen-bond acceptors (Lipinski definition) is 1. The maximum atomic E-state index is 10.9. The van der Waals surface area contributed by atoms with Crippen molar-refractivity contribution in [3.8, 4) is 0 Å². The first kappa shape index (κ1) is 14.5. The maximum Gasteiger partial charge on any atom is 0.0653 e. The summed E-state index contributed by atoms with van der Waals surface area (Å²) >= 11 is 0. The molecular formula is C20H34O. The van der Waals surface area contributed by atoms with Gasteiger partial charge in [0.15, 0.2) is 0 Å². The summed E-state index contributed by atoms with van der Waals surface area (Å²) in [6.07, 6.45) is 12.2. The molecule has 1 nitrogen and oxygen atoms in total. The highest BCUT2D eigenvalue weighted by Crippen LogP contribution is 2.72. The number of aliphatic hydroxyl groups is 1. The van der Waals surface area contributed by atoms with E-state index in [1.54, 1.807) is 0 Å². The van der Waals surface area contributed by atoms with Crippen LogP contribution in [0.3, 0.4) is 0 Å². The average molecular weight is 290 g/mol. The summed E-state index contributed by atoms with van der Waals surface area (Å²) < 4.78 is 0. The fourth-order valence-corrected chi connectivity index (χ4v) is 8.12. The summed E-state index contributed by atoms with van der Waals surface area (Å²) in [6.45, 7) is 9.83. The molecule has 4 aliphatic carbocycles. The largest absolute Gasteiger partial charge is 0.390 e. The first-order valence-corrected chi connectivity index (χ1v) is 9.42. The Labute approximate surface area is 130 Å². The van der Waals surface area contributed by atoms with Crippen LogP contribution < -0.4 is 0 Å². The highest BCUT2D eigenvalue weighted by atomic mass is 16.3. The zero-order valence-electron chi connectivity index (χ0n) is 14.5. The zero-order valence-corrected chi connectivity index (χ0v) is 14.5. The van der Waals surface area contributed by atoms with Crippen LogP contribution in [0.2, 0.25) is 0 Å². The van der Waals surface area contributed by atoms with Gasteiger partial charge in [-0.15, -0.1) is 0 Å². The SMILES string of the molecule is CC1(C)CCC[C@]2(C)[C@@H]1CC[C@@]13C[C@H](CC[C@H]12)[C@](C)(O)C3. The highest BCUT2D eigenvalue weighted by Gasteiger charge is 2.65. The summed E-state index contributed by atoms with van der Waals surface area (Å²) in [7, 11) is 0. The van der Waals surface area contributed by atoms with Gasteiger partial charge in [-0.1, -0.05) is 27.2 Å². The molecular weight excluding hydrogens is 256 g/mol. The van der Waals surface area contributed by atoms with Crippen molar-refractivity contribution in [1.29, 1.82) is 0 Å². The maximum absolute atomic E-state index is 10.9. The van der Waals surface area contributed by atoms with Gasteiger partial charge >= 0.3 is 0 Å². The van der Waals surface area contributed by atoms with Gasteiger partial charge in [0, 0.05) is 0 Å². The fourth-order valence-electron chi connectivity index (χ4n) is 8.12. The van der Waals surface area contributed by atoms with E-state index in [1.807, 2.05) is 0 Å². The van der Waals surface area contributed by atoms with Crippen molar-refractivity contribution >= 4 is 0 Å². The van der Waals surface area contributed by atoms with Crippen LogP contribution in [0, 0.1) is 34.0 Å². The molecule has 0 aliphatic heterocycles. The second kappa shape index (κ2) is 4.08. The van der Waals surface area contributed by atoms with E-state index in [0.29, 0.717) is 22.2 Å². The second-order valence-corrected chi connectivity index (χ2v) is 10.4. The normalized spacial score (nSPS) is 58.4. The van der Waals surface area contributed by atoms with Gasteiger partial charge < -0.3 is 5.11 Å². The number of rotatable bonds is 0. The lowest BCUT2D eigenvalue weighted by Crippen LogP contribution is -2.55. The number of hydrogen-bond donors (Lipinski definition) is 1. The molecule has 4 aliphatic rings. The molecule has 0 radical (unpaired) electrons. The Morgan fingerprint density at radius 2 is 1.62 bits per heavy atom. The Bertz CT molecular complexity index is 451. The molecule has 4 rings (SSSR count). The van der Waals surface area contributed by atoms with Crippen LogP contribution in [0.4, 0.5) is 0 Å². The molecule has 4 saturated carbocycles. The van der Waals surface area contributed by atoms with Gasteiger partial charge in [-0.2, -0.15) is 0 Å². The predicted molar refractivity (Wildman–Crippen MR) is 87.0 cm³/mol. The Morgan fingerprint density at radius 1 is 0.857 bits per heavy atom. The molecule has 0 amide bonds. The number of fused-ring (bicyclic) bond motifs is 3. The van der Waals surface area contributed by atoms with Gasteiger partial charge in [-0.3, -0.25) is 0 Å². The van der Waals surface area contributed by atoms with Crippen LogP contribution in [-0.2, 0) is 0 Å². The fraction of sp³-hybridized carbons (Fsp3) is 1.00. The van der Waals surface area contributed by atoms with Gasteiger partial charge in [0.1, 0.15) is 0 Å². The quantitative estimate of drug-likeness (QED) is 0.652. The molecule has 1 N–H and O–H groups in total. The molecule has 0 saturated heterocycles. The minimum Gasteiger partial charge on any atom is -0.390 e. The van der Waals surface area contributed by atoms with Crippen LogP contribution in [-0.4, -0.2) is 10.7 Å². The third-order valence-corrected chi connectivity index (χ3v) is 8.79. The average Bonchev–Trinajstić information content (AvgIpc) is 2.53. The Hall–Kier alpha value is -0.0400. The van der Waals surface area contributed by atoms with Gasteiger partial charge in [0.25, 0.3) is 0 Å². The van der Waals surface area contributed by atoms with Gasteiger partial charge in [-0.05, 0) is 92.3 Å². The van der Waals surface area contributed by atoms with Crippen molar-refractivity contribution in [3.05, 3.63) is 0 Å². The molecule has 0 aromatic heterocycles. The Balaban J connectivity index is 1.73. The minimum absolute atomic E-state index is 0.373. The minimum atomic E-state index is -0.373. The Kier molecular flexibility index (Phi) is 2.82. The van der Waals surface area contributed by atoms with E-state index >= 15 is 0 Å². The van der Waals surface area contributed by atoms with Gasteiger partial charge in [-0.25, -0.2) is 0 Å². The molecule has 120 valence electrons. The molecule has 1 spiro atoms. The van der Waals surface area contributed by atoms with Crippen molar-refractivity contribution in [3.63, 3.8) is 0 Å². The van der Waals surface area contributed by atoms with Crippen LogP contribution in [0.25, 0.3) is 0 Å². The summed E-state index contributed by atoms with van der Waals surface area (Å²) in [5.41, 5.74) is 1.20. The second-order valence-electron chi connectivity index (χ2n) is 10.4. The van der Waals surface area contributed by atoms with Crippen LogP contribution in [0.15, 0.2) is 0 Å². The molecule has 4 fully saturated rings. The molecule has 0 unspecified atom stereocenters. The summed E-state index contributed by atoms with van der Waals surface area (Å²) in [4.78, 5) is 0. The van der Waals surface area contributed by atoms with Crippen molar-refractivity contribution < 1.29 is 5.11 Å². The van der Waals surface area contributed by atoms with Crippen molar-refractivity contribution in [2.45, 2.75) is 91.1 Å². The van der Waals surface area contributed by atoms with Crippen molar-refractivity contribution in [1.82, 2.24) is 0 Å². The van der Waals surface area contributed by atoms with E-state index in [-0.39, 0.29) is 5.60 Å². The molecule has 0 heterocycles. The molecule has 1 heteroatoms. The monoisotopic (exact) mass is 290 g/mol. The van der Waals surface area contributed by atoms with E-state index in [0.717, 1.165) is 18.3 Å². The summed E-state index contributed by atoms with van der Waals surface area (Å²) in [5.74, 6) is 2.38. The molecule has 0 aromatic carbocycles.